The molecular weight excluding hydrogens is 375 g/mol. The molecule has 0 heterocycles. The summed E-state index contributed by atoms with van der Waals surface area (Å²) in [5.74, 6) is 0. The fourth-order valence-electron chi connectivity index (χ4n) is 1.12. The van der Waals surface area contributed by atoms with E-state index < -0.39 is 17.1 Å². The van der Waals surface area contributed by atoms with Crippen LogP contribution in [0.2, 0.25) is 0 Å². The molecule has 0 aliphatic heterocycles. The third-order valence-electron chi connectivity index (χ3n) is 2.43. The van der Waals surface area contributed by atoms with Crippen molar-refractivity contribution in [2.75, 3.05) is 7.05 Å². The number of benzene rings is 1. The van der Waals surface area contributed by atoms with Gasteiger partial charge in [0, 0.05) is 39.8 Å². The number of hydrogen-bond acceptors (Lipinski definition) is 4. The normalized spacial score (nSPS) is 11.8. The second kappa shape index (κ2) is 17.4. The predicted molar refractivity (Wildman–Crippen MR) is 88.9 cm³/mol. The Morgan fingerprint density at radius 3 is 2.00 bits per heavy atom. The van der Waals surface area contributed by atoms with Gasteiger partial charge in [0.1, 0.15) is 0 Å². The van der Waals surface area contributed by atoms with Crippen LogP contribution in [0.3, 0.4) is 0 Å². The van der Waals surface area contributed by atoms with E-state index in [-0.39, 0.29) is 32.7 Å². The Labute approximate surface area is 163 Å². The van der Waals surface area contributed by atoms with E-state index >= 15 is 0 Å². The van der Waals surface area contributed by atoms with Crippen LogP contribution in [-0.4, -0.2) is 28.6 Å². The predicted octanol–water partition coefficient (Wildman–Crippen LogP) is 3.68. The first-order chi connectivity index (χ1) is 10.1. The van der Waals surface area contributed by atoms with Crippen molar-refractivity contribution in [2.45, 2.75) is 58.9 Å². The van der Waals surface area contributed by atoms with Crippen LogP contribution in [0.4, 0.5) is 0 Å². The summed E-state index contributed by atoms with van der Waals surface area (Å²) in [5, 5.41) is 1.23. The average Bonchev–Trinajstić information content (AvgIpc) is 2.57. The molecule has 0 amide bonds. The van der Waals surface area contributed by atoms with Crippen LogP contribution in [0.5, 0.6) is 0 Å². The fourth-order valence-corrected chi connectivity index (χ4v) is 1.91. The molecule has 1 aromatic carbocycles. The van der Waals surface area contributed by atoms with Gasteiger partial charge in [0.25, 0.3) is 0 Å². The van der Waals surface area contributed by atoms with Crippen LogP contribution in [0.15, 0.2) is 29.2 Å². The molecule has 0 bridgehead atoms. The molecule has 0 saturated carbocycles. The summed E-state index contributed by atoms with van der Waals surface area (Å²) in [4.78, 5) is 11.0. The second-order valence-corrected chi connectivity index (χ2v) is 4.74. The van der Waals surface area contributed by atoms with Gasteiger partial charge in [-0.2, -0.15) is 9.35 Å². The summed E-state index contributed by atoms with van der Waals surface area (Å²) in [6.45, 7) is 11.7. The van der Waals surface area contributed by atoms with Crippen molar-refractivity contribution in [3.8, 4) is 0 Å². The van der Waals surface area contributed by atoms with E-state index in [1.807, 2.05) is 39.8 Å². The van der Waals surface area contributed by atoms with Crippen molar-refractivity contribution in [3.63, 3.8) is 0 Å². The second-order valence-electron chi connectivity index (χ2n) is 3.65. The zero-order chi connectivity index (χ0) is 16.8. The maximum absolute atomic E-state index is 11.8. The standard InChI is InChI=1S/C12H16NO3S.2C2H6.Y/c1-4-11-5-7-12(8-6-11)17(15)16-13(3)10(2)9-14;2*1-2;/h5-8,10H,4H2,1-3H3;2*1-2H3;/q-1;;;. The molecule has 0 aromatic heterocycles. The van der Waals surface area contributed by atoms with E-state index in [2.05, 4.69) is 6.92 Å². The molecule has 1 aromatic rings. The molecule has 125 valence electrons. The Kier molecular flexibility index (Phi) is 21.3. The molecule has 1 rings (SSSR count). The van der Waals surface area contributed by atoms with Crippen molar-refractivity contribution in [2.24, 2.45) is 0 Å². The monoisotopic (exact) mass is 403 g/mol. The van der Waals surface area contributed by atoms with Gasteiger partial charge in [0.15, 0.2) is 0 Å². The van der Waals surface area contributed by atoms with Crippen LogP contribution in [0.25, 0.3) is 0 Å². The first kappa shape index (κ1) is 26.9. The maximum Gasteiger partial charge on any atom is 0.206 e. The third-order valence-corrected chi connectivity index (χ3v) is 3.45. The minimum atomic E-state index is -1.60. The Bertz CT molecular complexity index is 399. The molecule has 0 aliphatic rings. The van der Waals surface area contributed by atoms with Crippen LogP contribution >= 0.6 is 0 Å². The van der Waals surface area contributed by atoms with Gasteiger partial charge >= 0.3 is 0 Å². The summed E-state index contributed by atoms with van der Waals surface area (Å²) in [6, 6.07) is 6.79. The summed E-state index contributed by atoms with van der Waals surface area (Å²) in [5.41, 5.74) is 1.17. The zero-order valence-electron chi connectivity index (χ0n) is 14.8. The molecule has 6 heteroatoms. The quantitative estimate of drug-likeness (QED) is 0.537. The van der Waals surface area contributed by atoms with E-state index in [1.54, 1.807) is 32.4 Å². The SMILES string of the molecule is CC.CC.CCc1ccc(S(=O)ON(C)C(C)[C-]=O)cc1.[Y]. The van der Waals surface area contributed by atoms with E-state index in [9.17, 15) is 9.00 Å². The average molecular weight is 403 g/mol. The number of likely N-dealkylation sites (N-methyl/N-ethyl adjacent to an activating group) is 1. The first-order valence-electron chi connectivity index (χ1n) is 7.38. The Morgan fingerprint density at radius 2 is 1.64 bits per heavy atom. The van der Waals surface area contributed by atoms with Gasteiger partial charge in [-0.25, -0.2) is 10.5 Å². The summed E-state index contributed by atoms with van der Waals surface area (Å²) in [7, 11) is 1.55. The molecule has 0 spiro atoms. The Morgan fingerprint density at radius 1 is 1.18 bits per heavy atom. The van der Waals surface area contributed by atoms with E-state index in [4.69, 9.17) is 4.28 Å². The largest absolute Gasteiger partial charge is 0.540 e. The molecule has 0 N–H and O–H groups in total. The van der Waals surface area contributed by atoms with Crippen molar-refractivity contribution in [1.29, 1.82) is 0 Å². The van der Waals surface area contributed by atoms with Gasteiger partial charge in [-0.3, -0.25) is 0 Å². The smallest absolute Gasteiger partial charge is 0.206 e. The van der Waals surface area contributed by atoms with Gasteiger partial charge in [0.2, 0.25) is 11.1 Å². The molecule has 2 atom stereocenters. The molecule has 0 aliphatic carbocycles. The van der Waals surface area contributed by atoms with Gasteiger partial charge < -0.3 is 4.79 Å². The molecule has 0 saturated heterocycles. The van der Waals surface area contributed by atoms with Crippen LogP contribution in [-0.2, 0) is 59.3 Å². The van der Waals surface area contributed by atoms with Crippen LogP contribution in [0.1, 0.15) is 47.1 Å². The first-order valence-corrected chi connectivity index (χ1v) is 8.45. The minimum Gasteiger partial charge on any atom is -0.540 e. The fraction of sp³-hybridized carbons (Fsp3) is 0.562. The Balaban J connectivity index is -0.000000665. The van der Waals surface area contributed by atoms with E-state index in [0.717, 1.165) is 6.42 Å². The summed E-state index contributed by atoms with van der Waals surface area (Å²) < 4.78 is 16.9. The minimum absolute atomic E-state index is 0. The molecule has 22 heavy (non-hydrogen) atoms. The topological polar surface area (TPSA) is 46.6 Å². The Hall–Kier alpha value is 0.0639. The van der Waals surface area contributed by atoms with Gasteiger partial charge in [-0.05, 0) is 24.1 Å². The van der Waals surface area contributed by atoms with Crippen molar-refractivity contribution in [1.82, 2.24) is 5.06 Å². The number of nitrogens with zero attached hydrogens (tertiary/aromatic N) is 1. The molecule has 1 radical (unpaired) electrons. The van der Waals surface area contributed by atoms with Crippen molar-refractivity contribution >= 4 is 17.4 Å². The van der Waals surface area contributed by atoms with Crippen LogP contribution in [0, 0.1) is 0 Å². The number of hydrogen-bond donors (Lipinski definition) is 0. The molecule has 2 unspecified atom stereocenters. The molecule has 0 fully saturated rings. The van der Waals surface area contributed by atoms with E-state index in [1.165, 1.54) is 10.6 Å². The van der Waals surface area contributed by atoms with Gasteiger partial charge in [-0.15, -0.1) is 0 Å². The number of aryl methyl sites for hydroxylation is 1. The molecule has 4 nitrogen and oxygen atoms in total. The summed E-state index contributed by atoms with van der Waals surface area (Å²) in [6.07, 6.45) is 2.69. The molecular formula is C16H28NO3SY-. The number of rotatable bonds is 6. The van der Waals surface area contributed by atoms with Crippen molar-refractivity contribution < 1.29 is 46.0 Å². The maximum atomic E-state index is 11.8. The third kappa shape index (κ3) is 10.7. The number of carbonyl (C=O) groups excluding carboxylic acids is 1. The van der Waals surface area contributed by atoms with Gasteiger partial charge in [-0.1, -0.05) is 59.7 Å². The summed E-state index contributed by atoms with van der Waals surface area (Å²) >= 11 is -1.60. The van der Waals surface area contributed by atoms with Crippen LogP contribution < -0.4 is 0 Å². The number of hydroxylamine groups is 2. The van der Waals surface area contributed by atoms with Crippen molar-refractivity contribution in [3.05, 3.63) is 29.8 Å². The van der Waals surface area contributed by atoms with E-state index in [0.29, 0.717) is 4.90 Å². The van der Waals surface area contributed by atoms with Gasteiger partial charge in [0.05, 0.1) is 4.90 Å². The zero-order valence-corrected chi connectivity index (χ0v) is 18.4.